The minimum absolute atomic E-state index is 0.360. The van der Waals surface area contributed by atoms with Crippen LogP contribution in [-0.4, -0.2) is 6.29 Å². The van der Waals surface area contributed by atoms with Crippen LogP contribution in [-0.2, 0) is 0 Å². The molecule has 0 aliphatic rings. The Hall–Kier alpha value is -1.81. The van der Waals surface area contributed by atoms with Gasteiger partial charge in [0.25, 0.3) is 0 Å². The van der Waals surface area contributed by atoms with Crippen LogP contribution in [0.15, 0.2) is 40.9 Å². The third kappa shape index (κ3) is 1.71. The van der Waals surface area contributed by atoms with E-state index in [1.54, 1.807) is 18.2 Å². The van der Waals surface area contributed by atoms with Gasteiger partial charge in [-0.25, -0.2) is 0 Å². The highest BCUT2D eigenvalue weighted by molar-refractivity contribution is 7.12. The fourth-order valence-corrected chi connectivity index (χ4v) is 2.13. The largest absolute Gasteiger partial charge is 0.297 e. The number of nitrogens with zero attached hydrogens (tertiary/aromatic N) is 1. The topological polar surface area (TPSA) is 46.5 Å². The van der Waals surface area contributed by atoms with Gasteiger partial charge >= 0.3 is 0 Å². The van der Waals surface area contributed by atoms with Gasteiger partial charge in [0, 0.05) is 11.1 Å². The molecule has 2 rings (SSSR count). The fraction of sp³-hybridized carbons (Fsp3) is 0. The second-order valence-corrected chi connectivity index (χ2v) is 3.87. The van der Waals surface area contributed by atoms with Crippen molar-refractivity contribution in [2.24, 2.45) is 5.18 Å². The first-order valence-electron chi connectivity index (χ1n) is 4.32. The number of carbonyl (C=O) groups excluding carboxylic acids is 1. The smallest absolute Gasteiger partial charge is 0.160 e. The van der Waals surface area contributed by atoms with Crippen LogP contribution in [0.3, 0.4) is 0 Å². The molecule has 0 N–H and O–H groups in total. The van der Waals surface area contributed by atoms with Gasteiger partial charge in [-0.2, -0.15) is 0 Å². The Balaban J connectivity index is 2.63. The van der Waals surface area contributed by atoms with Crippen LogP contribution in [0.2, 0.25) is 0 Å². The molecule has 0 aliphatic carbocycles. The highest BCUT2D eigenvalue weighted by Gasteiger charge is 2.10. The second kappa shape index (κ2) is 4.14. The van der Waals surface area contributed by atoms with Crippen molar-refractivity contribution in [3.05, 3.63) is 45.5 Å². The van der Waals surface area contributed by atoms with E-state index in [1.807, 2.05) is 17.5 Å². The molecule has 0 fully saturated rings. The highest BCUT2D eigenvalue weighted by atomic mass is 32.1. The van der Waals surface area contributed by atoms with E-state index in [-0.39, 0.29) is 0 Å². The van der Waals surface area contributed by atoms with Crippen LogP contribution in [0, 0.1) is 4.91 Å². The Kier molecular flexibility index (Phi) is 2.69. The zero-order valence-electron chi connectivity index (χ0n) is 7.71. The monoisotopic (exact) mass is 217 g/mol. The zero-order chi connectivity index (χ0) is 10.7. The molecule has 3 nitrogen and oxygen atoms in total. The summed E-state index contributed by atoms with van der Waals surface area (Å²) in [5, 5.41) is 4.76. The number of thiophene rings is 1. The van der Waals surface area contributed by atoms with Crippen LogP contribution >= 0.6 is 11.3 Å². The minimum atomic E-state index is 0.360. The van der Waals surface area contributed by atoms with E-state index in [0.29, 0.717) is 16.1 Å². The number of nitroso groups, excluding NO2 is 1. The Labute approximate surface area is 90.4 Å². The van der Waals surface area contributed by atoms with Gasteiger partial charge in [0.15, 0.2) is 6.29 Å². The summed E-state index contributed by atoms with van der Waals surface area (Å²) in [4.78, 5) is 22.0. The molecule has 0 atom stereocenters. The number of aldehydes is 1. The van der Waals surface area contributed by atoms with E-state index in [4.69, 9.17) is 0 Å². The van der Waals surface area contributed by atoms with E-state index in [9.17, 15) is 9.70 Å². The lowest BCUT2D eigenvalue weighted by molar-refractivity contribution is 0.112. The molecule has 0 radical (unpaired) electrons. The predicted octanol–water partition coefficient (Wildman–Crippen LogP) is 3.63. The molecule has 0 saturated heterocycles. The third-order valence-corrected chi connectivity index (χ3v) is 2.94. The van der Waals surface area contributed by atoms with Crippen LogP contribution < -0.4 is 0 Å². The lowest BCUT2D eigenvalue weighted by Gasteiger charge is -2.01. The minimum Gasteiger partial charge on any atom is -0.297 e. The Morgan fingerprint density at radius 1 is 1.13 bits per heavy atom. The quantitative estimate of drug-likeness (QED) is 0.582. The van der Waals surface area contributed by atoms with Crippen molar-refractivity contribution in [1.82, 2.24) is 0 Å². The molecular formula is C11H7NO2S. The average molecular weight is 217 g/mol. The van der Waals surface area contributed by atoms with Crippen molar-refractivity contribution in [3.8, 4) is 11.1 Å². The third-order valence-electron chi connectivity index (χ3n) is 2.09. The molecule has 74 valence electrons. The lowest BCUT2D eigenvalue weighted by atomic mass is 10.1. The van der Waals surface area contributed by atoms with Gasteiger partial charge in [0.1, 0.15) is 5.69 Å². The number of benzene rings is 1. The molecule has 4 heteroatoms. The molecule has 0 bridgehead atoms. The van der Waals surface area contributed by atoms with Crippen molar-refractivity contribution in [2.75, 3.05) is 0 Å². The summed E-state index contributed by atoms with van der Waals surface area (Å²) in [6.07, 6.45) is 0.793. The van der Waals surface area contributed by atoms with Crippen molar-refractivity contribution in [3.63, 3.8) is 0 Å². The van der Waals surface area contributed by atoms with Gasteiger partial charge in [-0.1, -0.05) is 18.2 Å². The summed E-state index contributed by atoms with van der Waals surface area (Å²) in [6.45, 7) is 0. The maximum atomic E-state index is 10.8. The first kappa shape index (κ1) is 9.73. The average Bonchev–Trinajstić information content (AvgIpc) is 2.76. The van der Waals surface area contributed by atoms with Crippen LogP contribution in [0.4, 0.5) is 5.69 Å². The standard InChI is InChI=1S/C11H7NO2S/c13-7-11-9(5-6-15-11)8-3-1-2-4-10(8)12-14/h1-7H. The lowest BCUT2D eigenvalue weighted by Crippen LogP contribution is -1.80. The number of hydrogen-bond donors (Lipinski definition) is 0. The summed E-state index contributed by atoms with van der Waals surface area (Å²) in [5.74, 6) is 0. The molecule has 2 aromatic rings. The molecule has 0 saturated carbocycles. The molecule has 15 heavy (non-hydrogen) atoms. The number of hydrogen-bond acceptors (Lipinski definition) is 4. The van der Waals surface area contributed by atoms with E-state index in [0.717, 1.165) is 11.8 Å². The Morgan fingerprint density at radius 3 is 2.67 bits per heavy atom. The summed E-state index contributed by atoms with van der Waals surface area (Å²) in [5.41, 5.74) is 1.83. The van der Waals surface area contributed by atoms with E-state index >= 15 is 0 Å². The van der Waals surface area contributed by atoms with Gasteiger partial charge in [-0.05, 0) is 22.7 Å². The maximum Gasteiger partial charge on any atom is 0.160 e. The Bertz CT molecular complexity index is 505. The molecule has 1 aromatic heterocycles. The zero-order valence-corrected chi connectivity index (χ0v) is 8.53. The molecular weight excluding hydrogens is 210 g/mol. The number of carbonyl (C=O) groups is 1. The molecule has 0 amide bonds. The fourth-order valence-electron chi connectivity index (χ4n) is 1.42. The summed E-state index contributed by atoms with van der Waals surface area (Å²) in [6, 6.07) is 8.79. The molecule has 0 aliphatic heterocycles. The van der Waals surface area contributed by atoms with Crippen molar-refractivity contribution < 1.29 is 4.79 Å². The first-order chi connectivity index (χ1) is 7.36. The molecule has 1 aromatic carbocycles. The predicted molar refractivity (Wildman–Crippen MR) is 60.6 cm³/mol. The van der Waals surface area contributed by atoms with Crippen molar-refractivity contribution >= 4 is 23.3 Å². The van der Waals surface area contributed by atoms with Crippen molar-refractivity contribution in [1.29, 1.82) is 0 Å². The maximum absolute atomic E-state index is 10.8. The van der Waals surface area contributed by atoms with Crippen LogP contribution in [0.25, 0.3) is 11.1 Å². The van der Waals surface area contributed by atoms with Crippen LogP contribution in [0.5, 0.6) is 0 Å². The molecule has 1 heterocycles. The van der Waals surface area contributed by atoms with Gasteiger partial charge in [0.2, 0.25) is 0 Å². The Morgan fingerprint density at radius 2 is 1.93 bits per heavy atom. The molecule has 0 spiro atoms. The normalized spacial score (nSPS) is 9.87. The summed E-state index contributed by atoms with van der Waals surface area (Å²) < 4.78 is 0. The molecule has 0 unspecified atom stereocenters. The van der Waals surface area contributed by atoms with Gasteiger partial charge < -0.3 is 0 Å². The summed E-state index contributed by atoms with van der Waals surface area (Å²) in [7, 11) is 0. The van der Waals surface area contributed by atoms with Crippen molar-refractivity contribution in [2.45, 2.75) is 0 Å². The summed E-state index contributed by atoms with van der Waals surface area (Å²) >= 11 is 1.35. The van der Waals surface area contributed by atoms with Crippen LogP contribution in [0.1, 0.15) is 9.67 Å². The van der Waals surface area contributed by atoms with E-state index in [2.05, 4.69) is 5.18 Å². The van der Waals surface area contributed by atoms with Gasteiger partial charge in [0.05, 0.1) is 4.88 Å². The SMILES string of the molecule is O=Cc1sccc1-c1ccccc1N=O. The van der Waals surface area contributed by atoms with E-state index in [1.165, 1.54) is 11.3 Å². The van der Waals surface area contributed by atoms with Gasteiger partial charge in [-0.15, -0.1) is 16.2 Å². The first-order valence-corrected chi connectivity index (χ1v) is 5.20. The van der Waals surface area contributed by atoms with E-state index < -0.39 is 0 Å². The van der Waals surface area contributed by atoms with Gasteiger partial charge in [-0.3, -0.25) is 4.79 Å². The highest BCUT2D eigenvalue weighted by Crippen LogP contribution is 2.33. The second-order valence-electron chi connectivity index (χ2n) is 2.92. The number of rotatable bonds is 3.